The molecular formula is C17H17ClN2O2. The molecule has 1 heterocycles. The molecule has 2 N–H and O–H groups in total. The summed E-state index contributed by atoms with van der Waals surface area (Å²) in [4.78, 5) is 16.4. The Morgan fingerprint density at radius 2 is 2.14 bits per heavy atom. The molecule has 0 saturated heterocycles. The lowest BCUT2D eigenvalue weighted by Gasteiger charge is -2.40. The van der Waals surface area contributed by atoms with Gasteiger partial charge in [-0.15, -0.1) is 0 Å². The number of benzene rings is 1. The summed E-state index contributed by atoms with van der Waals surface area (Å²) < 4.78 is 0. The van der Waals surface area contributed by atoms with Gasteiger partial charge in [0.25, 0.3) is 5.91 Å². The van der Waals surface area contributed by atoms with Crippen molar-refractivity contribution in [1.29, 1.82) is 0 Å². The van der Waals surface area contributed by atoms with Crippen molar-refractivity contribution in [2.24, 2.45) is 0 Å². The number of aromatic nitrogens is 1. The Hall–Kier alpha value is -1.91. The van der Waals surface area contributed by atoms with Gasteiger partial charge in [-0.25, -0.2) is 4.98 Å². The van der Waals surface area contributed by atoms with Crippen molar-refractivity contribution in [3.63, 3.8) is 0 Å². The van der Waals surface area contributed by atoms with Crippen molar-refractivity contribution in [1.82, 2.24) is 4.98 Å². The van der Waals surface area contributed by atoms with E-state index in [1.807, 2.05) is 6.07 Å². The first-order valence-corrected chi connectivity index (χ1v) is 7.65. The molecule has 114 valence electrons. The molecule has 0 bridgehead atoms. The van der Waals surface area contributed by atoms with Crippen LogP contribution in [0.25, 0.3) is 0 Å². The second kappa shape index (κ2) is 6.07. The normalized spacial score (nSPS) is 15.9. The van der Waals surface area contributed by atoms with Gasteiger partial charge in [0.15, 0.2) is 0 Å². The Morgan fingerprint density at radius 1 is 1.32 bits per heavy atom. The van der Waals surface area contributed by atoms with Gasteiger partial charge in [0, 0.05) is 22.2 Å². The summed E-state index contributed by atoms with van der Waals surface area (Å²) in [5.41, 5.74) is 1.38. The minimum absolute atomic E-state index is 0.136. The molecule has 22 heavy (non-hydrogen) atoms. The van der Waals surface area contributed by atoms with Crippen LogP contribution in [0.3, 0.4) is 0 Å². The second-order valence-electron chi connectivity index (χ2n) is 5.69. The van der Waals surface area contributed by atoms with Crippen LogP contribution < -0.4 is 5.32 Å². The molecule has 3 rings (SSSR count). The van der Waals surface area contributed by atoms with Gasteiger partial charge in [-0.3, -0.25) is 4.79 Å². The number of hydrogen-bond acceptors (Lipinski definition) is 3. The lowest BCUT2D eigenvalue weighted by Crippen LogP contribution is -2.38. The number of nitrogens with zero attached hydrogens (tertiary/aromatic N) is 1. The van der Waals surface area contributed by atoms with Crippen molar-refractivity contribution in [3.8, 4) is 0 Å². The highest BCUT2D eigenvalue weighted by molar-refractivity contribution is 6.31. The summed E-state index contributed by atoms with van der Waals surface area (Å²) in [5.74, 6) is 0.240. The standard InChI is InChI=1S/C17H17ClN2O2/c18-14-4-1-3-12(9-14)16(22)20-15-6-5-13(10-19-15)17(11-21)7-2-8-17/h1,3-6,9-10,21H,2,7-8,11H2,(H,19,20,22). The van der Waals surface area contributed by atoms with Crippen LogP contribution in [0.1, 0.15) is 35.2 Å². The SMILES string of the molecule is O=C(Nc1ccc(C2(CO)CCC2)cn1)c1cccc(Cl)c1. The van der Waals surface area contributed by atoms with Gasteiger partial charge in [-0.2, -0.15) is 0 Å². The molecule has 0 unspecified atom stereocenters. The van der Waals surface area contributed by atoms with Gasteiger partial charge in [-0.05, 0) is 42.7 Å². The maximum absolute atomic E-state index is 12.1. The van der Waals surface area contributed by atoms with Crippen LogP contribution in [0, 0.1) is 0 Å². The number of aliphatic hydroxyl groups excluding tert-OH is 1. The zero-order valence-corrected chi connectivity index (χ0v) is 12.8. The summed E-state index contributed by atoms with van der Waals surface area (Å²) in [6.45, 7) is 0.142. The number of hydrogen-bond donors (Lipinski definition) is 2. The van der Waals surface area contributed by atoms with Gasteiger partial charge < -0.3 is 10.4 Å². The fourth-order valence-corrected chi connectivity index (χ4v) is 2.93. The van der Waals surface area contributed by atoms with Gasteiger partial charge in [0.1, 0.15) is 5.82 Å². The van der Waals surface area contributed by atoms with Crippen molar-refractivity contribution in [2.75, 3.05) is 11.9 Å². The number of nitrogens with one attached hydrogen (secondary N) is 1. The number of carbonyl (C=O) groups excluding carboxylic acids is 1. The van der Waals surface area contributed by atoms with Crippen LogP contribution in [-0.4, -0.2) is 22.6 Å². The average Bonchev–Trinajstić information content (AvgIpc) is 2.48. The molecule has 1 aliphatic rings. The molecular weight excluding hydrogens is 300 g/mol. The Morgan fingerprint density at radius 3 is 2.68 bits per heavy atom. The molecule has 1 aromatic carbocycles. The molecule has 2 aromatic rings. The minimum Gasteiger partial charge on any atom is -0.395 e. The molecule has 5 heteroatoms. The van der Waals surface area contributed by atoms with E-state index in [0.717, 1.165) is 24.8 Å². The molecule has 1 amide bonds. The summed E-state index contributed by atoms with van der Waals surface area (Å²) in [7, 11) is 0. The summed E-state index contributed by atoms with van der Waals surface area (Å²) in [6.07, 6.45) is 4.84. The van der Waals surface area contributed by atoms with Gasteiger partial charge in [-0.1, -0.05) is 30.2 Å². The number of anilines is 1. The number of carbonyl (C=O) groups is 1. The average molecular weight is 317 g/mol. The summed E-state index contributed by atoms with van der Waals surface area (Å²) in [5, 5.41) is 12.8. The lowest BCUT2D eigenvalue weighted by atomic mass is 9.65. The maximum atomic E-state index is 12.1. The zero-order chi connectivity index (χ0) is 15.6. The number of amides is 1. The van der Waals surface area contributed by atoms with Gasteiger partial charge in [0.05, 0.1) is 6.61 Å². The van der Waals surface area contributed by atoms with Crippen LogP contribution in [0.2, 0.25) is 5.02 Å². The molecule has 0 aliphatic heterocycles. The smallest absolute Gasteiger partial charge is 0.256 e. The van der Waals surface area contributed by atoms with Crippen LogP contribution in [0.5, 0.6) is 0 Å². The fraction of sp³-hybridized carbons (Fsp3) is 0.294. The lowest BCUT2D eigenvalue weighted by molar-refractivity contribution is 0.102. The molecule has 1 saturated carbocycles. The molecule has 1 aliphatic carbocycles. The van der Waals surface area contributed by atoms with Crippen LogP contribution in [-0.2, 0) is 5.41 Å². The predicted molar refractivity (Wildman–Crippen MR) is 86.3 cm³/mol. The predicted octanol–water partition coefficient (Wildman–Crippen LogP) is 3.40. The molecule has 0 spiro atoms. The molecule has 0 radical (unpaired) electrons. The van der Waals surface area contributed by atoms with E-state index < -0.39 is 0 Å². The van der Waals surface area contributed by atoms with E-state index in [4.69, 9.17) is 11.6 Å². The molecule has 4 nitrogen and oxygen atoms in total. The Kier molecular flexibility index (Phi) is 4.14. The Labute approximate surface area is 134 Å². The third-order valence-electron chi connectivity index (χ3n) is 4.32. The van der Waals surface area contributed by atoms with Crippen LogP contribution >= 0.6 is 11.6 Å². The van der Waals surface area contributed by atoms with Crippen molar-refractivity contribution >= 4 is 23.3 Å². The number of aliphatic hydroxyl groups is 1. The second-order valence-corrected chi connectivity index (χ2v) is 6.13. The van der Waals surface area contributed by atoms with Crippen molar-refractivity contribution in [2.45, 2.75) is 24.7 Å². The third-order valence-corrected chi connectivity index (χ3v) is 4.55. The van der Waals surface area contributed by atoms with E-state index >= 15 is 0 Å². The third kappa shape index (κ3) is 2.85. The van der Waals surface area contributed by atoms with E-state index in [1.165, 1.54) is 0 Å². The quantitative estimate of drug-likeness (QED) is 0.908. The van der Waals surface area contributed by atoms with Gasteiger partial charge >= 0.3 is 0 Å². The van der Waals surface area contributed by atoms with Crippen LogP contribution in [0.15, 0.2) is 42.6 Å². The van der Waals surface area contributed by atoms with Crippen LogP contribution in [0.4, 0.5) is 5.82 Å². The first kappa shape index (κ1) is 15.0. The van der Waals surface area contributed by atoms with Crippen molar-refractivity contribution < 1.29 is 9.90 Å². The summed E-state index contributed by atoms with van der Waals surface area (Å²) in [6, 6.07) is 10.5. The molecule has 0 atom stereocenters. The monoisotopic (exact) mass is 316 g/mol. The topological polar surface area (TPSA) is 62.2 Å². The number of pyridine rings is 1. The maximum Gasteiger partial charge on any atom is 0.256 e. The summed E-state index contributed by atoms with van der Waals surface area (Å²) >= 11 is 5.88. The number of rotatable bonds is 4. The highest BCUT2D eigenvalue weighted by Crippen LogP contribution is 2.43. The van der Waals surface area contributed by atoms with Crippen molar-refractivity contribution in [3.05, 3.63) is 58.7 Å². The van der Waals surface area contributed by atoms with E-state index in [9.17, 15) is 9.90 Å². The largest absolute Gasteiger partial charge is 0.395 e. The Bertz CT molecular complexity index is 676. The van der Waals surface area contributed by atoms with E-state index in [2.05, 4.69) is 10.3 Å². The Balaban J connectivity index is 1.72. The fourth-order valence-electron chi connectivity index (χ4n) is 2.74. The van der Waals surface area contributed by atoms with E-state index in [0.29, 0.717) is 16.4 Å². The molecule has 1 aromatic heterocycles. The highest BCUT2D eigenvalue weighted by atomic mass is 35.5. The number of halogens is 1. The van der Waals surface area contributed by atoms with E-state index in [-0.39, 0.29) is 17.9 Å². The van der Waals surface area contributed by atoms with E-state index in [1.54, 1.807) is 36.5 Å². The zero-order valence-electron chi connectivity index (χ0n) is 12.1. The minimum atomic E-state index is -0.247. The van der Waals surface area contributed by atoms with Gasteiger partial charge in [0.2, 0.25) is 0 Å². The first-order chi connectivity index (χ1) is 10.6. The molecule has 1 fully saturated rings. The first-order valence-electron chi connectivity index (χ1n) is 7.27. The highest BCUT2D eigenvalue weighted by Gasteiger charge is 2.38.